The fourth-order valence-electron chi connectivity index (χ4n) is 1.88. The number of benzene rings is 1. The van der Waals surface area contributed by atoms with Crippen LogP contribution in [0, 0.1) is 0 Å². The van der Waals surface area contributed by atoms with E-state index >= 15 is 0 Å². The predicted molar refractivity (Wildman–Crippen MR) is 80.9 cm³/mol. The van der Waals surface area contributed by atoms with Crippen LogP contribution >= 0.6 is 23.2 Å². The number of aromatic nitrogens is 3. The summed E-state index contributed by atoms with van der Waals surface area (Å²) in [6.07, 6.45) is 1.27. The number of hydrogen-bond acceptors (Lipinski definition) is 3. The summed E-state index contributed by atoms with van der Waals surface area (Å²) < 4.78 is 0. The van der Waals surface area contributed by atoms with Gasteiger partial charge in [-0.3, -0.25) is 9.78 Å². The molecule has 0 saturated carbocycles. The van der Waals surface area contributed by atoms with Gasteiger partial charge in [0.05, 0.1) is 0 Å². The molecule has 112 valence electrons. The van der Waals surface area contributed by atoms with E-state index in [4.69, 9.17) is 23.2 Å². The van der Waals surface area contributed by atoms with Crippen LogP contribution in [0.5, 0.6) is 0 Å². The standard InChI is InChI=1S/C13H14Cl2N4O2/c1-2-9(5-7-3-4-8(14)6-10(7)15)16-12(20)11-17-13(21)19-18-11/h3-4,6,9H,2,5H2,1H3,(H,16,20)(H2,17,18,19,21)/t9-/m0/s1. The number of nitrogens with one attached hydrogen (secondary N) is 3. The molecule has 0 bridgehead atoms. The summed E-state index contributed by atoms with van der Waals surface area (Å²) in [6.45, 7) is 1.95. The first-order chi connectivity index (χ1) is 9.99. The number of hydrogen-bond donors (Lipinski definition) is 3. The van der Waals surface area contributed by atoms with Gasteiger partial charge in [0, 0.05) is 16.1 Å². The number of amides is 1. The van der Waals surface area contributed by atoms with Crippen LogP contribution < -0.4 is 11.0 Å². The molecule has 0 unspecified atom stereocenters. The summed E-state index contributed by atoms with van der Waals surface area (Å²) in [5.74, 6) is -0.481. The average Bonchev–Trinajstić information content (AvgIpc) is 2.87. The summed E-state index contributed by atoms with van der Waals surface area (Å²) in [6, 6.07) is 5.12. The van der Waals surface area contributed by atoms with Crippen molar-refractivity contribution in [2.75, 3.05) is 0 Å². The third kappa shape index (κ3) is 4.09. The number of rotatable bonds is 5. The molecule has 6 nitrogen and oxygen atoms in total. The Kier molecular flexibility index (Phi) is 5.03. The lowest BCUT2D eigenvalue weighted by Crippen LogP contribution is -2.36. The second-order valence-corrected chi connectivity index (χ2v) is 5.39. The van der Waals surface area contributed by atoms with E-state index in [9.17, 15) is 9.59 Å². The van der Waals surface area contributed by atoms with Gasteiger partial charge in [-0.05, 0) is 30.5 Å². The summed E-state index contributed by atoms with van der Waals surface area (Å²) in [5.41, 5.74) is 0.373. The maximum atomic E-state index is 11.9. The molecule has 3 N–H and O–H groups in total. The molecule has 1 aromatic carbocycles. The molecule has 2 rings (SSSR count). The van der Waals surface area contributed by atoms with Crippen LogP contribution in [0.25, 0.3) is 0 Å². The van der Waals surface area contributed by atoms with Crippen LogP contribution in [0.4, 0.5) is 0 Å². The molecular formula is C13H14Cl2N4O2. The van der Waals surface area contributed by atoms with Gasteiger partial charge in [0.15, 0.2) is 0 Å². The van der Waals surface area contributed by atoms with Crippen molar-refractivity contribution in [2.24, 2.45) is 0 Å². The molecule has 1 amide bonds. The Morgan fingerprint density at radius 2 is 2.19 bits per heavy atom. The molecule has 2 aromatic rings. The van der Waals surface area contributed by atoms with Crippen LogP contribution in [-0.2, 0) is 6.42 Å². The van der Waals surface area contributed by atoms with Gasteiger partial charge in [0.2, 0.25) is 5.82 Å². The van der Waals surface area contributed by atoms with Gasteiger partial charge in [-0.15, -0.1) is 5.10 Å². The average molecular weight is 329 g/mol. The van der Waals surface area contributed by atoms with Gasteiger partial charge in [-0.2, -0.15) is 0 Å². The summed E-state index contributed by atoms with van der Waals surface area (Å²) >= 11 is 12.0. The molecule has 0 fully saturated rings. The minimum Gasteiger partial charge on any atom is -0.346 e. The number of H-pyrrole nitrogens is 2. The molecule has 1 heterocycles. The zero-order chi connectivity index (χ0) is 15.4. The van der Waals surface area contributed by atoms with Crippen molar-refractivity contribution >= 4 is 29.1 Å². The van der Waals surface area contributed by atoms with Crippen LogP contribution in [0.2, 0.25) is 10.0 Å². The highest BCUT2D eigenvalue weighted by atomic mass is 35.5. The number of aromatic amines is 2. The first kappa shape index (κ1) is 15.6. The Balaban J connectivity index is 2.06. The molecule has 1 atom stereocenters. The van der Waals surface area contributed by atoms with E-state index in [1.54, 1.807) is 12.1 Å². The Morgan fingerprint density at radius 3 is 2.76 bits per heavy atom. The molecule has 8 heteroatoms. The van der Waals surface area contributed by atoms with Gasteiger partial charge >= 0.3 is 5.69 Å². The third-order valence-corrected chi connectivity index (χ3v) is 3.61. The van der Waals surface area contributed by atoms with Crippen LogP contribution in [0.3, 0.4) is 0 Å². The minimum absolute atomic E-state index is 0.0411. The minimum atomic E-state index is -0.519. The van der Waals surface area contributed by atoms with E-state index in [1.807, 2.05) is 13.0 Å². The molecule has 0 aliphatic heterocycles. The lowest BCUT2D eigenvalue weighted by Gasteiger charge is -2.17. The molecule has 0 saturated heterocycles. The van der Waals surface area contributed by atoms with Gasteiger partial charge < -0.3 is 5.32 Å². The topological polar surface area (TPSA) is 90.6 Å². The van der Waals surface area contributed by atoms with E-state index in [0.717, 1.165) is 5.56 Å². The molecule has 0 aliphatic rings. The SMILES string of the molecule is CC[C@@H](Cc1ccc(Cl)cc1Cl)NC(=O)c1n[nH]c(=O)[nH]1. The van der Waals surface area contributed by atoms with Crippen molar-refractivity contribution < 1.29 is 4.79 Å². The van der Waals surface area contributed by atoms with Crippen molar-refractivity contribution in [1.82, 2.24) is 20.5 Å². The fourth-order valence-corrected chi connectivity index (χ4v) is 2.37. The van der Waals surface area contributed by atoms with Crippen molar-refractivity contribution in [2.45, 2.75) is 25.8 Å². The number of nitrogens with zero attached hydrogens (tertiary/aromatic N) is 1. The maximum Gasteiger partial charge on any atom is 0.341 e. The smallest absolute Gasteiger partial charge is 0.341 e. The van der Waals surface area contributed by atoms with Crippen LogP contribution in [-0.4, -0.2) is 27.1 Å². The van der Waals surface area contributed by atoms with Gasteiger partial charge in [0.25, 0.3) is 5.91 Å². The monoisotopic (exact) mass is 328 g/mol. The van der Waals surface area contributed by atoms with Gasteiger partial charge in [0.1, 0.15) is 0 Å². The molecular weight excluding hydrogens is 315 g/mol. The van der Waals surface area contributed by atoms with Crippen molar-refractivity contribution in [3.05, 3.63) is 50.1 Å². The number of carbonyl (C=O) groups is 1. The Morgan fingerprint density at radius 1 is 1.43 bits per heavy atom. The normalized spacial score (nSPS) is 12.1. The lowest BCUT2D eigenvalue weighted by molar-refractivity contribution is 0.0925. The number of halogens is 2. The van der Waals surface area contributed by atoms with Crippen molar-refractivity contribution in [1.29, 1.82) is 0 Å². The number of carbonyl (C=O) groups excluding carboxylic acids is 1. The van der Waals surface area contributed by atoms with E-state index < -0.39 is 11.6 Å². The predicted octanol–water partition coefficient (Wildman–Crippen LogP) is 2.16. The largest absolute Gasteiger partial charge is 0.346 e. The zero-order valence-electron chi connectivity index (χ0n) is 11.2. The summed E-state index contributed by atoms with van der Waals surface area (Å²) in [5, 5.41) is 9.67. The van der Waals surface area contributed by atoms with Crippen LogP contribution in [0.15, 0.2) is 23.0 Å². The van der Waals surface area contributed by atoms with Gasteiger partial charge in [-0.25, -0.2) is 9.89 Å². The van der Waals surface area contributed by atoms with Crippen LogP contribution in [0.1, 0.15) is 29.5 Å². The van der Waals surface area contributed by atoms with E-state index in [1.165, 1.54) is 0 Å². The van der Waals surface area contributed by atoms with Crippen molar-refractivity contribution in [3.63, 3.8) is 0 Å². The maximum absolute atomic E-state index is 11.9. The van der Waals surface area contributed by atoms with E-state index in [0.29, 0.717) is 22.9 Å². The molecule has 1 aromatic heterocycles. The fraction of sp³-hybridized carbons (Fsp3) is 0.308. The molecule has 0 spiro atoms. The van der Waals surface area contributed by atoms with E-state index in [2.05, 4.69) is 20.5 Å². The lowest BCUT2D eigenvalue weighted by atomic mass is 10.0. The summed E-state index contributed by atoms with van der Waals surface area (Å²) in [7, 11) is 0. The molecule has 0 aliphatic carbocycles. The molecule has 21 heavy (non-hydrogen) atoms. The quantitative estimate of drug-likeness (QED) is 0.785. The highest BCUT2D eigenvalue weighted by Crippen LogP contribution is 2.22. The highest BCUT2D eigenvalue weighted by Gasteiger charge is 2.16. The zero-order valence-corrected chi connectivity index (χ0v) is 12.8. The Labute approximate surface area is 130 Å². The van der Waals surface area contributed by atoms with E-state index in [-0.39, 0.29) is 11.9 Å². The van der Waals surface area contributed by atoms with Crippen molar-refractivity contribution in [3.8, 4) is 0 Å². The first-order valence-corrected chi connectivity index (χ1v) is 7.14. The first-order valence-electron chi connectivity index (χ1n) is 6.39. The Hall–Kier alpha value is -1.79. The second kappa shape index (κ2) is 6.78. The molecule has 0 radical (unpaired) electrons. The second-order valence-electron chi connectivity index (χ2n) is 4.54. The third-order valence-electron chi connectivity index (χ3n) is 3.03. The highest BCUT2D eigenvalue weighted by molar-refractivity contribution is 6.35. The van der Waals surface area contributed by atoms with Gasteiger partial charge in [-0.1, -0.05) is 36.2 Å². The Bertz CT molecular complexity index is 695. The summed E-state index contributed by atoms with van der Waals surface area (Å²) in [4.78, 5) is 25.2.